The number of amides is 1. The molecule has 3 aromatic carbocycles. The molecule has 1 amide bonds. The highest BCUT2D eigenvalue weighted by Gasteiger charge is 2.41. The lowest BCUT2D eigenvalue weighted by atomic mass is 9.81. The van der Waals surface area contributed by atoms with Crippen LogP contribution >= 0.6 is 0 Å². The monoisotopic (exact) mass is 462 g/mol. The Balaban J connectivity index is 1.86. The molecule has 0 aliphatic carbocycles. The Morgan fingerprint density at radius 3 is 2.26 bits per heavy atom. The summed E-state index contributed by atoms with van der Waals surface area (Å²) < 4.78 is 16.9. The Bertz CT molecular complexity index is 1280. The third-order valence-corrected chi connectivity index (χ3v) is 7.42. The molecule has 0 spiro atoms. The summed E-state index contributed by atoms with van der Waals surface area (Å²) in [5.74, 6) is 2.26. The van der Waals surface area contributed by atoms with Crippen LogP contribution in [0.4, 0.5) is 0 Å². The van der Waals surface area contributed by atoms with Crippen LogP contribution in [0.3, 0.4) is 0 Å². The van der Waals surface area contributed by atoms with Crippen molar-refractivity contribution in [3.05, 3.63) is 41.5 Å². The summed E-state index contributed by atoms with van der Waals surface area (Å²) in [6.45, 7) is 7.83. The molecule has 2 aliphatic heterocycles. The van der Waals surface area contributed by atoms with Gasteiger partial charge >= 0.3 is 0 Å². The number of benzene rings is 3. The Morgan fingerprint density at radius 1 is 0.941 bits per heavy atom. The second kappa shape index (κ2) is 8.35. The van der Waals surface area contributed by atoms with E-state index >= 15 is 0 Å². The van der Waals surface area contributed by atoms with Crippen LogP contribution in [0, 0.1) is 5.41 Å². The van der Waals surface area contributed by atoms with E-state index in [2.05, 4.69) is 34.5 Å². The summed E-state index contributed by atoms with van der Waals surface area (Å²) in [4.78, 5) is 15.8. The smallest absolute Gasteiger partial charge is 0.225 e. The molecular formula is C28H34N2O4. The third kappa shape index (κ3) is 3.56. The van der Waals surface area contributed by atoms with Crippen LogP contribution < -0.4 is 19.5 Å². The van der Waals surface area contributed by atoms with Crippen LogP contribution in [-0.2, 0) is 11.3 Å². The van der Waals surface area contributed by atoms with Gasteiger partial charge in [-0.2, -0.15) is 0 Å². The number of nitrogens with one attached hydrogen (secondary N) is 1. The van der Waals surface area contributed by atoms with Gasteiger partial charge in [0, 0.05) is 18.0 Å². The molecule has 2 aliphatic rings. The maximum absolute atomic E-state index is 13.2. The standard InChI is InChI=1S/C28H34N2O4/c1-28(2,3)27(31)29-26-22-8-7-11-30(22)15-21-17-10-9-16(32-4)12-18(17)19-13-23(33-5)24(34-6)14-20(19)25(21)26/h9-10,12-14,22,26H,7-8,11,15H2,1-6H3,(H,29,31)/t22-,26+/m0/s1. The molecule has 0 bridgehead atoms. The molecule has 1 N–H and O–H groups in total. The first-order chi connectivity index (χ1) is 16.3. The minimum absolute atomic E-state index is 0.0701. The number of ether oxygens (including phenoxy) is 3. The Kier molecular flexibility index (Phi) is 5.59. The largest absolute Gasteiger partial charge is 0.497 e. The average molecular weight is 463 g/mol. The molecule has 1 fully saturated rings. The lowest BCUT2D eigenvalue weighted by molar-refractivity contribution is -0.129. The average Bonchev–Trinajstić information content (AvgIpc) is 3.30. The Morgan fingerprint density at radius 2 is 1.62 bits per heavy atom. The van der Waals surface area contributed by atoms with E-state index in [1.54, 1.807) is 21.3 Å². The van der Waals surface area contributed by atoms with E-state index in [0.717, 1.165) is 47.8 Å². The number of carbonyl (C=O) groups is 1. The molecule has 6 nitrogen and oxygen atoms in total. The minimum atomic E-state index is -0.470. The van der Waals surface area contributed by atoms with E-state index in [1.807, 2.05) is 26.8 Å². The van der Waals surface area contributed by atoms with Crippen molar-refractivity contribution in [3.63, 3.8) is 0 Å². The predicted molar refractivity (Wildman–Crippen MR) is 135 cm³/mol. The normalized spacial score (nSPS) is 20.2. The number of methoxy groups -OCH3 is 3. The Hall–Kier alpha value is -2.99. The number of carbonyl (C=O) groups excluding carboxylic acids is 1. The number of hydrogen-bond acceptors (Lipinski definition) is 5. The molecule has 0 saturated carbocycles. The second-order valence-corrected chi connectivity index (χ2v) is 10.4. The van der Waals surface area contributed by atoms with Crippen LogP contribution in [0.25, 0.3) is 21.5 Å². The van der Waals surface area contributed by atoms with Gasteiger partial charge in [-0.1, -0.05) is 26.8 Å². The summed E-state index contributed by atoms with van der Waals surface area (Å²) in [5.41, 5.74) is 2.01. The predicted octanol–water partition coefficient (Wildman–Crippen LogP) is 5.20. The van der Waals surface area contributed by atoms with Crippen molar-refractivity contribution in [1.29, 1.82) is 0 Å². The van der Waals surface area contributed by atoms with E-state index in [-0.39, 0.29) is 18.0 Å². The molecule has 3 aromatic rings. The zero-order valence-corrected chi connectivity index (χ0v) is 21.0. The van der Waals surface area contributed by atoms with Gasteiger partial charge in [-0.25, -0.2) is 0 Å². The van der Waals surface area contributed by atoms with Gasteiger partial charge in [0.2, 0.25) is 5.91 Å². The van der Waals surface area contributed by atoms with Gasteiger partial charge < -0.3 is 19.5 Å². The van der Waals surface area contributed by atoms with Gasteiger partial charge in [-0.15, -0.1) is 0 Å². The van der Waals surface area contributed by atoms with Crippen molar-refractivity contribution >= 4 is 27.5 Å². The third-order valence-electron chi connectivity index (χ3n) is 7.42. The van der Waals surface area contributed by atoms with Gasteiger partial charge in [0.1, 0.15) is 5.75 Å². The summed E-state index contributed by atoms with van der Waals surface area (Å²) in [6.07, 6.45) is 2.21. The SMILES string of the molecule is COc1ccc2c3c(c4cc(OC)c(OC)cc4c2c1)[C@H](NC(=O)C(C)(C)C)[C@@H]1CCCN1C3. The van der Waals surface area contributed by atoms with Crippen molar-refractivity contribution in [1.82, 2.24) is 10.2 Å². The van der Waals surface area contributed by atoms with Gasteiger partial charge in [0.15, 0.2) is 11.5 Å². The van der Waals surface area contributed by atoms with E-state index in [9.17, 15) is 4.79 Å². The first kappa shape index (κ1) is 22.8. The highest BCUT2D eigenvalue weighted by molar-refractivity contribution is 6.12. The molecule has 34 heavy (non-hydrogen) atoms. The van der Waals surface area contributed by atoms with E-state index in [0.29, 0.717) is 11.5 Å². The number of nitrogens with zero attached hydrogens (tertiary/aromatic N) is 1. The fourth-order valence-electron chi connectivity index (χ4n) is 5.64. The second-order valence-electron chi connectivity index (χ2n) is 10.4. The fraction of sp³-hybridized carbons (Fsp3) is 0.464. The number of fused-ring (bicyclic) bond motifs is 7. The zero-order valence-electron chi connectivity index (χ0n) is 21.0. The lowest BCUT2D eigenvalue weighted by Gasteiger charge is -2.41. The zero-order chi connectivity index (χ0) is 24.2. The van der Waals surface area contributed by atoms with E-state index < -0.39 is 5.41 Å². The van der Waals surface area contributed by atoms with E-state index in [1.165, 1.54) is 16.5 Å². The first-order valence-electron chi connectivity index (χ1n) is 12.0. The fourth-order valence-corrected chi connectivity index (χ4v) is 5.64. The van der Waals surface area contributed by atoms with Crippen molar-refractivity contribution in [2.45, 2.75) is 52.2 Å². The molecule has 0 aromatic heterocycles. The van der Waals surface area contributed by atoms with Gasteiger partial charge in [-0.05, 0) is 76.3 Å². The van der Waals surface area contributed by atoms with Crippen LogP contribution in [0.2, 0.25) is 0 Å². The van der Waals surface area contributed by atoms with Crippen LogP contribution in [0.5, 0.6) is 17.2 Å². The van der Waals surface area contributed by atoms with Crippen molar-refractivity contribution in [2.75, 3.05) is 27.9 Å². The molecule has 1 saturated heterocycles. The molecule has 2 atom stereocenters. The lowest BCUT2D eigenvalue weighted by Crippen LogP contribution is -2.49. The van der Waals surface area contributed by atoms with E-state index in [4.69, 9.17) is 14.2 Å². The van der Waals surface area contributed by atoms with Gasteiger partial charge in [0.05, 0.1) is 27.4 Å². The highest BCUT2D eigenvalue weighted by Crippen LogP contribution is 2.48. The summed E-state index contributed by atoms with van der Waals surface area (Å²) >= 11 is 0. The molecule has 2 heterocycles. The number of rotatable bonds is 4. The summed E-state index contributed by atoms with van der Waals surface area (Å²) in [7, 11) is 5.02. The van der Waals surface area contributed by atoms with Gasteiger partial charge in [0.25, 0.3) is 0 Å². The Labute approximate surface area is 201 Å². The van der Waals surface area contributed by atoms with Crippen molar-refractivity contribution < 1.29 is 19.0 Å². The van der Waals surface area contributed by atoms with Crippen molar-refractivity contribution in [2.24, 2.45) is 5.41 Å². The molecular weight excluding hydrogens is 428 g/mol. The first-order valence-corrected chi connectivity index (χ1v) is 12.0. The molecule has 5 rings (SSSR count). The van der Waals surface area contributed by atoms with Gasteiger partial charge in [-0.3, -0.25) is 9.69 Å². The maximum atomic E-state index is 13.2. The minimum Gasteiger partial charge on any atom is -0.497 e. The molecule has 0 unspecified atom stereocenters. The van der Waals surface area contributed by atoms with Crippen LogP contribution in [0.1, 0.15) is 50.8 Å². The summed E-state index contributed by atoms with van der Waals surface area (Å²) in [5, 5.41) is 7.94. The van der Waals surface area contributed by atoms with Crippen LogP contribution in [0.15, 0.2) is 30.3 Å². The van der Waals surface area contributed by atoms with Crippen molar-refractivity contribution in [3.8, 4) is 17.2 Å². The molecule has 180 valence electrons. The quantitative estimate of drug-likeness (QED) is 0.540. The summed E-state index contributed by atoms with van der Waals surface area (Å²) in [6, 6.07) is 10.6. The maximum Gasteiger partial charge on any atom is 0.225 e. The van der Waals surface area contributed by atoms with Crippen LogP contribution in [-0.4, -0.2) is 44.7 Å². The highest BCUT2D eigenvalue weighted by atomic mass is 16.5. The molecule has 0 radical (unpaired) electrons. The molecule has 6 heteroatoms. The topological polar surface area (TPSA) is 60.0 Å². The number of hydrogen-bond donors (Lipinski definition) is 1.